The van der Waals surface area contributed by atoms with Crippen molar-refractivity contribution in [2.45, 2.75) is 51.6 Å². The van der Waals surface area contributed by atoms with Gasteiger partial charge in [-0.15, -0.1) is 10.2 Å². The van der Waals surface area contributed by atoms with E-state index in [1.165, 1.54) is 13.1 Å². The van der Waals surface area contributed by atoms with Crippen LogP contribution in [0.2, 0.25) is 0 Å². The lowest BCUT2D eigenvalue weighted by Gasteiger charge is -2.33. The molecular weight excluding hydrogens is 432 g/mol. The van der Waals surface area contributed by atoms with Crippen molar-refractivity contribution in [2.75, 3.05) is 5.32 Å². The van der Waals surface area contributed by atoms with E-state index in [2.05, 4.69) is 50.8 Å². The van der Waals surface area contributed by atoms with E-state index < -0.39 is 0 Å². The van der Waals surface area contributed by atoms with Gasteiger partial charge >= 0.3 is 0 Å². The molecule has 0 aliphatic heterocycles. The summed E-state index contributed by atoms with van der Waals surface area (Å²) >= 11 is 0. The molecule has 0 unspecified atom stereocenters. The molecule has 10 heteroatoms. The van der Waals surface area contributed by atoms with Crippen LogP contribution in [0.5, 0.6) is 0 Å². The van der Waals surface area contributed by atoms with Crippen LogP contribution in [0.3, 0.4) is 0 Å². The van der Waals surface area contributed by atoms with E-state index in [4.69, 9.17) is 9.68 Å². The predicted octanol–water partition coefficient (Wildman–Crippen LogP) is 3.52. The van der Waals surface area contributed by atoms with Crippen LogP contribution < -0.4 is 10.6 Å². The van der Waals surface area contributed by atoms with Crippen molar-refractivity contribution < 1.29 is 9.21 Å². The second-order valence-corrected chi connectivity index (χ2v) is 8.84. The predicted molar refractivity (Wildman–Crippen MR) is 125 cm³/mol. The molecule has 0 radical (unpaired) electrons. The maximum atomic E-state index is 11.2. The van der Waals surface area contributed by atoms with Crippen LogP contribution in [0, 0.1) is 11.3 Å². The number of carbonyl (C=O) groups excluding carboxylic acids is 1. The third-order valence-corrected chi connectivity index (χ3v) is 5.81. The fraction of sp³-hybridized carbons (Fsp3) is 0.333. The third-order valence-electron chi connectivity index (χ3n) is 5.81. The summed E-state index contributed by atoms with van der Waals surface area (Å²) in [5.74, 6) is 1.09. The maximum absolute atomic E-state index is 11.2. The number of rotatable bonds is 6. The van der Waals surface area contributed by atoms with E-state index in [9.17, 15) is 4.79 Å². The van der Waals surface area contributed by atoms with Crippen LogP contribution in [0.15, 0.2) is 41.1 Å². The summed E-state index contributed by atoms with van der Waals surface area (Å²) in [6.07, 6.45) is 4.84. The average Bonchev–Trinajstić information content (AvgIpc) is 3.42. The van der Waals surface area contributed by atoms with E-state index in [1.54, 1.807) is 16.8 Å². The Morgan fingerprint density at radius 2 is 2.06 bits per heavy atom. The number of nitrogens with one attached hydrogen (secondary N) is 2. The summed E-state index contributed by atoms with van der Waals surface area (Å²) in [7, 11) is 0. The van der Waals surface area contributed by atoms with Crippen molar-refractivity contribution in [2.24, 2.45) is 0 Å². The fourth-order valence-electron chi connectivity index (χ4n) is 4.18. The van der Waals surface area contributed by atoms with Gasteiger partial charge in [0.2, 0.25) is 11.8 Å². The Morgan fingerprint density at radius 3 is 2.79 bits per heavy atom. The van der Waals surface area contributed by atoms with Gasteiger partial charge in [-0.3, -0.25) is 9.78 Å². The van der Waals surface area contributed by atoms with Crippen LogP contribution in [-0.2, 0) is 4.79 Å². The average molecular weight is 457 g/mol. The Balaban J connectivity index is 1.45. The summed E-state index contributed by atoms with van der Waals surface area (Å²) in [5, 5.41) is 28.4. The summed E-state index contributed by atoms with van der Waals surface area (Å²) < 4.78 is 7.77. The zero-order valence-corrected chi connectivity index (χ0v) is 19.1. The number of hydrogen-bond donors (Lipinski definition) is 2. The minimum atomic E-state index is -0.0262. The summed E-state index contributed by atoms with van der Waals surface area (Å²) in [5.41, 5.74) is 4.39. The molecule has 10 nitrogen and oxygen atoms in total. The number of amides is 1. The number of nitrogens with zero attached hydrogens (tertiary/aromatic N) is 6. The van der Waals surface area contributed by atoms with E-state index in [1.807, 2.05) is 18.2 Å². The molecule has 1 amide bonds. The van der Waals surface area contributed by atoms with Gasteiger partial charge in [0.25, 0.3) is 5.89 Å². The second kappa shape index (κ2) is 8.59. The van der Waals surface area contributed by atoms with Crippen molar-refractivity contribution in [3.63, 3.8) is 0 Å². The van der Waals surface area contributed by atoms with Gasteiger partial charge in [-0.1, -0.05) is 0 Å². The molecule has 1 aliphatic carbocycles. The van der Waals surface area contributed by atoms with Crippen molar-refractivity contribution >= 4 is 17.1 Å². The zero-order chi connectivity index (χ0) is 23.8. The lowest BCUT2D eigenvalue weighted by atomic mass is 9.80. The topological polar surface area (TPSA) is 134 Å². The standard InChI is InChI=1S/C24H24N8O2/c1-13(2)28-20-9-21(22-5-4-18-6-15(10-25)11-27-32(18)22)26-12-19(20)24-31-30-23(34-24)16-7-17(8-16)29-14(3)33/h4-6,9,11-13,16-17H,7-8H2,1-3H3,(H,26,28)(H,29,33). The summed E-state index contributed by atoms with van der Waals surface area (Å²) in [6.45, 7) is 5.63. The van der Waals surface area contributed by atoms with Crippen LogP contribution >= 0.6 is 0 Å². The molecule has 172 valence electrons. The number of pyridine rings is 1. The normalized spacial score (nSPS) is 17.4. The van der Waals surface area contributed by atoms with Crippen molar-refractivity contribution in [3.05, 3.63) is 48.1 Å². The molecule has 1 fully saturated rings. The highest BCUT2D eigenvalue weighted by atomic mass is 16.4. The fourth-order valence-corrected chi connectivity index (χ4v) is 4.18. The molecule has 0 saturated heterocycles. The third kappa shape index (κ3) is 4.08. The monoisotopic (exact) mass is 456 g/mol. The number of carbonyl (C=O) groups is 1. The molecular formula is C24H24N8O2. The Kier molecular flexibility index (Phi) is 5.45. The lowest BCUT2D eigenvalue weighted by Crippen LogP contribution is -2.42. The molecule has 5 rings (SSSR count). The molecule has 1 saturated carbocycles. The molecule has 34 heavy (non-hydrogen) atoms. The number of anilines is 1. The molecule has 1 aliphatic rings. The largest absolute Gasteiger partial charge is 0.420 e. The van der Waals surface area contributed by atoms with Gasteiger partial charge < -0.3 is 15.1 Å². The van der Waals surface area contributed by atoms with Crippen LogP contribution in [0.1, 0.15) is 51.0 Å². The number of aromatic nitrogens is 5. The van der Waals surface area contributed by atoms with E-state index in [0.29, 0.717) is 17.3 Å². The van der Waals surface area contributed by atoms with Crippen LogP contribution in [0.4, 0.5) is 5.69 Å². The molecule has 0 atom stereocenters. The van der Waals surface area contributed by atoms with Gasteiger partial charge in [0, 0.05) is 31.1 Å². The Hall–Kier alpha value is -4.26. The Morgan fingerprint density at radius 1 is 1.24 bits per heavy atom. The Labute approximate surface area is 196 Å². The first-order valence-corrected chi connectivity index (χ1v) is 11.2. The number of hydrogen-bond acceptors (Lipinski definition) is 8. The number of fused-ring (bicyclic) bond motifs is 1. The first-order valence-electron chi connectivity index (χ1n) is 11.2. The van der Waals surface area contributed by atoms with Gasteiger partial charge in [-0.2, -0.15) is 10.4 Å². The van der Waals surface area contributed by atoms with Gasteiger partial charge in [-0.05, 0) is 51.0 Å². The highest BCUT2D eigenvalue weighted by Gasteiger charge is 2.35. The molecule has 4 aromatic heterocycles. The van der Waals surface area contributed by atoms with Gasteiger partial charge in [0.05, 0.1) is 39.9 Å². The van der Waals surface area contributed by atoms with Gasteiger partial charge in [0.1, 0.15) is 6.07 Å². The molecule has 4 aromatic rings. The maximum Gasteiger partial charge on any atom is 0.251 e. The van der Waals surface area contributed by atoms with E-state index in [-0.39, 0.29) is 23.9 Å². The smallest absolute Gasteiger partial charge is 0.251 e. The molecule has 2 N–H and O–H groups in total. The Bertz CT molecular complexity index is 1410. The summed E-state index contributed by atoms with van der Waals surface area (Å²) in [6, 6.07) is 10.0. The molecule has 0 bridgehead atoms. The first-order chi connectivity index (χ1) is 16.4. The van der Waals surface area contributed by atoms with Crippen molar-refractivity contribution in [1.82, 2.24) is 30.1 Å². The van der Waals surface area contributed by atoms with Crippen LogP contribution in [0.25, 0.3) is 28.4 Å². The van der Waals surface area contributed by atoms with Crippen molar-refractivity contribution in [3.8, 4) is 28.9 Å². The van der Waals surface area contributed by atoms with E-state index in [0.717, 1.165) is 41.0 Å². The highest BCUT2D eigenvalue weighted by molar-refractivity contribution is 5.77. The first kappa shape index (κ1) is 21.6. The lowest BCUT2D eigenvalue weighted by molar-refractivity contribution is -0.120. The highest BCUT2D eigenvalue weighted by Crippen LogP contribution is 2.38. The van der Waals surface area contributed by atoms with Crippen molar-refractivity contribution in [1.29, 1.82) is 5.26 Å². The van der Waals surface area contributed by atoms with Gasteiger partial charge in [-0.25, -0.2) is 4.52 Å². The minimum absolute atomic E-state index is 0.0262. The molecule has 0 spiro atoms. The SMILES string of the molecule is CC(=O)NC1CC(c2nnc(-c3cnc(-c4ccc5cc(C#N)cnn45)cc3NC(C)C)o2)C1. The van der Waals surface area contributed by atoms with Crippen LogP contribution in [-0.4, -0.2) is 42.8 Å². The number of nitriles is 1. The zero-order valence-electron chi connectivity index (χ0n) is 19.1. The quantitative estimate of drug-likeness (QED) is 0.450. The minimum Gasteiger partial charge on any atom is -0.420 e. The second-order valence-electron chi connectivity index (χ2n) is 8.84. The van der Waals surface area contributed by atoms with Gasteiger partial charge in [0.15, 0.2) is 0 Å². The van der Waals surface area contributed by atoms with E-state index >= 15 is 0 Å². The summed E-state index contributed by atoms with van der Waals surface area (Å²) in [4.78, 5) is 15.9. The molecule has 0 aromatic carbocycles. The molecule has 4 heterocycles.